The summed E-state index contributed by atoms with van der Waals surface area (Å²) in [5, 5.41) is 0. The lowest BCUT2D eigenvalue weighted by molar-refractivity contribution is -0.136. The quantitative estimate of drug-likeness (QED) is 0.785. The first-order chi connectivity index (χ1) is 8.50. The molecule has 0 bridgehead atoms. The Morgan fingerprint density at radius 2 is 2.06 bits per heavy atom. The summed E-state index contributed by atoms with van der Waals surface area (Å²) in [6.07, 6.45) is 4.20. The third-order valence-corrected chi connectivity index (χ3v) is 3.85. The summed E-state index contributed by atoms with van der Waals surface area (Å²) in [5.74, 6) is 0.134. The van der Waals surface area contributed by atoms with Crippen LogP contribution in [0.4, 0.5) is 0 Å². The Balaban J connectivity index is 1.98. The molecule has 0 aromatic carbocycles. The van der Waals surface area contributed by atoms with Gasteiger partial charge in [0, 0.05) is 32.1 Å². The largest absolute Gasteiger partial charge is 0.338 e. The molecule has 1 heterocycles. The molecule has 2 atom stereocenters. The molecule has 1 saturated heterocycles. The second kappa shape index (κ2) is 5.26. The minimum absolute atomic E-state index is 0.0109. The Kier molecular flexibility index (Phi) is 3.90. The van der Waals surface area contributed by atoms with Crippen LogP contribution in [-0.2, 0) is 9.59 Å². The van der Waals surface area contributed by atoms with Gasteiger partial charge in [0.15, 0.2) is 0 Å². The third kappa shape index (κ3) is 2.83. The highest BCUT2D eigenvalue weighted by atomic mass is 16.2. The lowest BCUT2D eigenvalue weighted by atomic mass is 10.2. The minimum Gasteiger partial charge on any atom is -0.338 e. The maximum Gasteiger partial charge on any atom is 0.239 e. The predicted octanol–water partition coefficient (Wildman–Crippen LogP) is 0.336. The molecule has 2 amide bonds. The fourth-order valence-corrected chi connectivity index (χ4v) is 2.73. The Hall–Kier alpha value is -1.10. The van der Waals surface area contributed by atoms with Crippen molar-refractivity contribution in [2.24, 2.45) is 5.73 Å². The van der Waals surface area contributed by atoms with Gasteiger partial charge < -0.3 is 15.5 Å². The summed E-state index contributed by atoms with van der Waals surface area (Å²) in [4.78, 5) is 27.4. The van der Waals surface area contributed by atoms with E-state index >= 15 is 0 Å². The van der Waals surface area contributed by atoms with Crippen LogP contribution < -0.4 is 5.73 Å². The first-order valence-corrected chi connectivity index (χ1v) is 6.84. The van der Waals surface area contributed by atoms with Crippen LogP contribution in [-0.4, -0.2) is 52.8 Å². The molecule has 5 heteroatoms. The third-order valence-electron chi connectivity index (χ3n) is 3.85. The monoisotopic (exact) mass is 253 g/mol. The SMILES string of the molecule is CC(=O)N(C[C@@H]1CCCN1C(=O)[C@H](C)N)C1CC1. The number of likely N-dealkylation sites (tertiary alicyclic amines) is 1. The van der Waals surface area contributed by atoms with E-state index in [0.717, 1.165) is 32.2 Å². The Morgan fingerprint density at radius 3 is 2.56 bits per heavy atom. The van der Waals surface area contributed by atoms with E-state index in [1.165, 1.54) is 0 Å². The van der Waals surface area contributed by atoms with Crippen molar-refractivity contribution in [2.75, 3.05) is 13.1 Å². The van der Waals surface area contributed by atoms with E-state index in [1.807, 2.05) is 9.80 Å². The number of nitrogens with two attached hydrogens (primary N) is 1. The summed E-state index contributed by atoms with van der Waals surface area (Å²) < 4.78 is 0. The normalized spacial score (nSPS) is 25.1. The van der Waals surface area contributed by atoms with Gasteiger partial charge in [-0.05, 0) is 32.6 Å². The molecule has 0 unspecified atom stereocenters. The summed E-state index contributed by atoms with van der Waals surface area (Å²) in [6, 6.07) is 0.126. The zero-order valence-electron chi connectivity index (χ0n) is 11.3. The van der Waals surface area contributed by atoms with Gasteiger partial charge in [0.2, 0.25) is 11.8 Å². The van der Waals surface area contributed by atoms with Crippen molar-refractivity contribution in [3.8, 4) is 0 Å². The number of hydrogen-bond acceptors (Lipinski definition) is 3. The van der Waals surface area contributed by atoms with Crippen LogP contribution in [0.3, 0.4) is 0 Å². The number of rotatable bonds is 4. The number of nitrogens with zero attached hydrogens (tertiary/aromatic N) is 2. The number of hydrogen-bond donors (Lipinski definition) is 1. The lowest BCUT2D eigenvalue weighted by Gasteiger charge is -2.31. The predicted molar refractivity (Wildman–Crippen MR) is 68.8 cm³/mol. The molecule has 18 heavy (non-hydrogen) atoms. The molecule has 102 valence electrons. The average molecular weight is 253 g/mol. The van der Waals surface area contributed by atoms with Crippen molar-refractivity contribution < 1.29 is 9.59 Å². The summed E-state index contributed by atoms with van der Waals surface area (Å²) >= 11 is 0. The number of carbonyl (C=O) groups is 2. The van der Waals surface area contributed by atoms with Crippen LogP contribution in [0.25, 0.3) is 0 Å². The van der Waals surface area contributed by atoms with E-state index in [2.05, 4.69) is 0 Å². The van der Waals surface area contributed by atoms with Crippen molar-refractivity contribution in [3.05, 3.63) is 0 Å². The van der Waals surface area contributed by atoms with Gasteiger partial charge in [0.1, 0.15) is 0 Å². The summed E-state index contributed by atoms with van der Waals surface area (Å²) in [7, 11) is 0. The van der Waals surface area contributed by atoms with E-state index in [9.17, 15) is 9.59 Å². The van der Waals surface area contributed by atoms with Gasteiger partial charge in [-0.2, -0.15) is 0 Å². The smallest absolute Gasteiger partial charge is 0.239 e. The van der Waals surface area contributed by atoms with E-state index in [-0.39, 0.29) is 17.9 Å². The van der Waals surface area contributed by atoms with Crippen molar-refractivity contribution >= 4 is 11.8 Å². The van der Waals surface area contributed by atoms with Crippen LogP contribution >= 0.6 is 0 Å². The summed E-state index contributed by atoms with van der Waals surface area (Å²) in [5.41, 5.74) is 5.67. The average Bonchev–Trinajstić information content (AvgIpc) is 3.03. The van der Waals surface area contributed by atoms with Crippen LogP contribution in [0.1, 0.15) is 39.5 Å². The minimum atomic E-state index is -0.447. The second-order valence-electron chi connectivity index (χ2n) is 5.52. The van der Waals surface area contributed by atoms with Crippen molar-refractivity contribution in [2.45, 2.75) is 57.7 Å². The molecule has 0 radical (unpaired) electrons. The fraction of sp³-hybridized carbons (Fsp3) is 0.846. The number of amides is 2. The molecule has 0 spiro atoms. The molecule has 1 aliphatic heterocycles. The standard InChI is InChI=1S/C13H23N3O2/c1-9(14)13(18)15-7-3-4-12(15)8-16(10(2)17)11-5-6-11/h9,11-12H,3-8,14H2,1-2H3/t9-,12-/m0/s1. The van der Waals surface area contributed by atoms with Crippen LogP contribution in [0.5, 0.6) is 0 Å². The van der Waals surface area contributed by atoms with Crippen LogP contribution in [0.2, 0.25) is 0 Å². The maximum absolute atomic E-state index is 12.0. The van der Waals surface area contributed by atoms with E-state index in [4.69, 9.17) is 5.73 Å². The van der Waals surface area contributed by atoms with Gasteiger partial charge in [-0.3, -0.25) is 9.59 Å². The highest BCUT2D eigenvalue weighted by Gasteiger charge is 2.36. The van der Waals surface area contributed by atoms with Crippen LogP contribution in [0.15, 0.2) is 0 Å². The molecular weight excluding hydrogens is 230 g/mol. The van der Waals surface area contributed by atoms with Gasteiger partial charge in [-0.25, -0.2) is 0 Å². The second-order valence-corrected chi connectivity index (χ2v) is 5.52. The van der Waals surface area contributed by atoms with Gasteiger partial charge >= 0.3 is 0 Å². The van der Waals surface area contributed by atoms with Gasteiger partial charge in [0.05, 0.1) is 6.04 Å². The van der Waals surface area contributed by atoms with Crippen molar-refractivity contribution in [1.29, 1.82) is 0 Å². The van der Waals surface area contributed by atoms with Gasteiger partial charge in [-0.15, -0.1) is 0 Å². The summed E-state index contributed by atoms with van der Waals surface area (Å²) in [6.45, 7) is 4.80. The first kappa shape index (κ1) is 13.3. The lowest BCUT2D eigenvalue weighted by Crippen LogP contribution is -2.49. The molecule has 2 rings (SSSR count). The van der Waals surface area contributed by atoms with Crippen molar-refractivity contribution in [1.82, 2.24) is 9.80 Å². The highest BCUT2D eigenvalue weighted by molar-refractivity contribution is 5.82. The molecule has 0 aromatic heterocycles. The molecule has 5 nitrogen and oxygen atoms in total. The van der Waals surface area contributed by atoms with Gasteiger partial charge in [0.25, 0.3) is 0 Å². The first-order valence-electron chi connectivity index (χ1n) is 6.84. The maximum atomic E-state index is 12.0. The molecule has 2 N–H and O–H groups in total. The zero-order valence-corrected chi connectivity index (χ0v) is 11.3. The molecule has 1 aliphatic carbocycles. The molecule has 2 fully saturated rings. The molecular formula is C13H23N3O2. The molecule has 2 aliphatic rings. The van der Waals surface area contributed by atoms with E-state index in [0.29, 0.717) is 12.6 Å². The Morgan fingerprint density at radius 1 is 1.39 bits per heavy atom. The molecule has 1 saturated carbocycles. The van der Waals surface area contributed by atoms with Gasteiger partial charge in [-0.1, -0.05) is 0 Å². The zero-order chi connectivity index (χ0) is 13.3. The van der Waals surface area contributed by atoms with E-state index in [1.54, 1.807) is 13.8 Å². The Labute approximate surface area is 108 Å². The Bertz CT molecular complexity index is 339. The fourth-order valence-electron chi connectivity index (χ4n) is 2.73. The number of carbonyl (C=O) groups excluding carboxylic acids is 2. The van der Waals surface area contributed by atoms with Crippen LogP contribution in [0, 0.1) is 0 Å². The van der Waals surface area contributed by atoms with Crippen molar-refractivity contribution in [3.63, 3.8) is 0 Å². The molecule has 0 aromatic rings. The van der Waals surface area contributed by atoms with E-state index < -0.39 is 6.04 Å². The highest BCUT2D eigenvalue weighted by Crippen LogP contribution is 2.29. The topological polar surface area (TPSA) is 66.6 Å².